The van der Waals surface area contributed by atoms with Crippen molar-refractivity contribution in [3.8, 4) is 11.5 Å². The fraction of sp³-hybridized carbons (Fsp3) is 0.129. The first kappa shape index (κ1) is 21.2. The Kier molecular flexibility index (Phi) is 5.55. The Labute approximate surface area is 205 Å². The number of ketones is 1. The van der Waals surface area contributed by atoms with Crippen LogP contribution in [0.3, 0.4) is 0 Å². The summed E-state index contributed by atoms with van der Waals surface area (Å²) in [6.07, 6.45) is 1.29. The van der Waals surface area contributed by atoms with Crippen LogP contribution in [0.5, 0.6) is 11.5 Å². The molecule has 2 N–H and O–H groups in total. The van der Waals surface area contributed by atoms with Crippen molar-refractivity contribution >= 4 is 17.2 Å². The highest BCUT2D eigenvalue weighted by Gasteiger charge is 2.36. The maximum atomic E-state index is 13.7. The number of hydrogen-bond donors (Lipinski definition) is 2. The van der Waals surface area contributed by atoms with Crippen LogP contribution in [0.2, 0.25) is 0 Å². The van der Waals surface area contributed by atoms with Crippen molar-refractivity contribution in [3.05, 3.63) is 132 Å². The Bertz CT molecular complexity index is 1400. The number of carbonyl (C=O) groups is 1. The molecule has 0 saturated carbocycles. The molecule has 4 heteroatoms. The summed E-state index contributed by atoms with van der Waals surface area (Å²) in [5, 5.41) is 7.27. The van der Waals surface area contributed by atoms with Gasteiger partial charge in [-0.15, -0.1) is 0 Å². The molecule has 35 heavy (non-hydrogen) atoms. The Balaban J connectivity index is 1.41. The normalized spacial score (nSPS) is 19.0. The monoisotopic (exact) mass is 458 g/mol. The van der Waals surface area contributed by atoms with E-state index in [1.807, 2.05) is 78.9 Å². The van der Waals surface area contributed by atoms with Crippen molar-refractivity contribution in [3.63, 3.8) is 0 Å². The number of ether oxygens (including phenoxy) is 1. The highest BCUT2D eigenvalue weighted by atomic mass is 16.5. The molecule has 2 atom stereocenters. The molecule has 2 aliphatic rings. The summed E-state index contributed by atoms with van der Waals surface area (Å²) in [5.41, 5.74) is 5.97. The molecule has 6 rings (SSSR count). The lowest BCUT2D eigenvalue weighted by atomic mass is 9.78. The summed E-state index contributed by atoms with van der Waals surface area (Å²) < 4.78 is 6.10. The summed E-state index contributed by atoms with van der Waals surface area (Å²) in [6.45, 7) is 0. The minimum absolute atomic E-state index is 0.161. The second-order valence-electron chi connectivity index (χ2n) is 9.07. The van der Waals surface area contributed by atoms with E-state index < -0.39 is 0 Å². The number of carbonyl (C=O) groups excluding carboxylic acids is 1. The molecule has 0 bridgehead atoms. The van der Waals surface area contributed by atoms with Crippen molar-refractivity contribution in [2.75, 3.05) is 10.6 Å². The van der Waals surface area contributed by atoms with E-state index in [0.29, 0.717) is 6.42 Å². The first-order chi connectivity index (χ1) is 17.2. The summed E-state index contributed by atoms with van der Waals surface area (Å²) in [5.74, 6) is 1.86. The van der Waals surface area contributed by atoms with Gasteiger partial charge in [0.2, 0.25) is 0 Å². The van der Waals surface area contributed by atoms with Crippen LogP contribution >= 0.6 is 0 Å². The first-order valence-electron chi connectivity index (χ1n) is 12.0. The van der Waals surface area contributed by atoms with Crippen LogP contribution in [0.15, 0.2) is 120 Å². The molecule has 4 nitrogen and oxygen atoms in total. The van der Waals surface area contributed by atoms with Gasteiger partial charge in [0.15, 0.2) is 5.78 Å². The third-order valence-electron chi connectivity index (χ3n) is 6.75. The molecule has 4 aromatic rings. The zero-order valence-corrected chi connectivity index (χ0v) is 19.3. The number of nitrogens with one attached hydrogen (secondary N) is 2. The van der Waals surface area contributed by atoms with Gasteiger partial charge in [0, 0.05) is 17.7 Å². The lowest BCUT2D eigenvalue weighted by Gasteiger charge is -2.30. The van der Waals surface area contributed by atoms with Crippen LogP contribution < -0.4 is 15.4 Å². The van der Waals surface area contributed by atoms with Crippen LogP contribution in [0.1, 0.15) is 35.9 Å². The number of para-hydroxylation sites is 3. The van der Waals surface area contributed by atoms with Crippen LogP contribution in [-0.4, -0.2) is 5.78 Å². The predicted molar refractivity (Wildman–Crippen MR) is 140 cm³/mol. The molecular formula is C31H26N2O2. The van der Waals surface area contributed by atoms with E-state index in [4.69, 9.17) is 4.74 Å². The molecule has 0 fully saturated rings. The van der Waals surface area contributed by atoms with Crippen LogP contribution in [-0.2, 0) is 4.79 Å². The van der Waals surface area contributed by atoms with E-state index in [-0.39, 0.29) is 17.7 Å². The summed E-state index contributed by atoms with van der Waals surface area (Å²) in [7, 11) is 0. The molecular weight excluding hydrogens is 432 g/mol. The SMILES string of the molecule is O=C1C[C@@H](c2ccccc2)CC2=C1[C@H](c1cccc(Oc3ccccc3)c1)Nc1ccccc1N2. The minimum atomic E-state index is -0.273. The fourth-order valence-corrected chi connectivity index (χ4v) is 5.09. The maximum Gasteiger partial charge on any atom is 0.163 e. The van der Waals surface area contributed by atoms with Gasteiger partial charge in [-0.25, -0.2) is 0 Å². The number of benzene rings is 4. The van der Waals surface area contributed by atoms with Crippen LogP contribution in [0, 0.1) is 0 Å². The minimum Gasteiger partial charge on any atom is -0.457 e. The number of anilines is 2. The summed E-state index contributed by atoms with van der Waals surface area (Å²) in [6, 6.07) is 36.0. The van der Waals surface area contributed by atoms with E-state index in [2.05, 4.69) is 41.0 Å². The molecule has 4 aromatic carbocycles. The lowest BCUT2D eigenvalue weighted by Crippen LogP contribution is -2.26. The molecule has 172 valence electrons. The van der Waals surface area contributed by atoms with Gasteiger partial charge >= 0.3 is 0 Å². The number of fused-ring (bicyclic) bond motifs is 1. The topological polar surface area (TPSA) is 50.4 Å². The quantitative estimate of drug-likeness (QED) is 0.333. The van der Waals surface area contributed by atoms with E-state index in [1.165, 1.54) is 5.56 Å². The Morgan fingerprint density at radius 1 is 0.657 bits per heavy atom. The molecule has 0 aromatic heterocycles. The standard InChI is InChI=1S/C31H26N2O2/c34-29-20-23(21-10-3-1-4-11-21)19-28-30(29)31(33-27-17-8-7-16-26(27)32-28)22-12-9-15-25(18-22)35-24-13-5-2-6-14-24/h1-18,23,31-33H,19-20H2/t23-,31-/m0/s1. The summed E-state index contributed by atoms with van der Waals surface area (Å²) >= 11 is 0. The zero-order chi connectivity index (χ0) is 23.6. The second-order valence-corrected chi connectivity index (χ2v) is 9.07. The maximum absolute atomic E-state index is 13.7. The third-order valence-corrected chi connectivity index (χ3v) is 6.75. The summed E-state index contributed by atoms with van der Waals surface area (Å²) in [4.78, 5) is 13.7. The van der Waals surface area contributed by atoms with Gasteiger partial charge in [-0.2, -0.15) is 0 Å². The fourth-order valence-electron chi connectivity index (χ4n) is 5.09. The highest BCUT2D eigenvalue weighted by molar-refractivity contribution is 6.01. The smallest absolute Gasteiger partial charge is 0.163 e. The van der Waals surface area contributed by atoms with Gasteiger partial charge in [-0.3, -0.25) is 4.79 Å². The average molecular weight is 459 g/mol. The number of allylic oxidation sites excluding steroid dienone is 1. The van der Waals surface area contributed by atoms with Gasteiger partial charge < -0.3 is 15.4 Å². The van der Waals surface area contributed by atoms with E-state index in [1.54, 1.807) is 0 Å². The van der Waals surface area contributed by atoms with Gasteiger partial charge in [-0.1, -0.05) is 72.8 Å². The van der Waals surface area contributed by atoms with Crippen molar-refractivity contribution in [1.29, 1.82) is 0 Å². The van der Waals surface area contributed by atoms with E-state index in [0.717, 1.165) is 46.1 Å². The lowest BCUT2D eigenvalue weighted by molar-refractivity contribution is -0.116. The van der Waals surface area contributed by atoms with Gasteiger partial charge in [0.05, 0.1) is 17.4 Å². The highest BCUT2D eigenvalue weighted by Crippen LogP contribution is 2.44. The molecule has 0 spiro atoms. The Morgan fingerprint density at radius 3 is 2.11 bits per heavy atom. The third kappa shape index (κ3) is 4.31. The van der Waals surface area contributed by atoms with E-state index in [9.17, 15) is 4.79 Å². The van der Waals surface area contributed by atoms with Gasteiger partial charge in [-0.05, 0) is 59.9 Å². The zero-order valence-electron chi connectivity index (χ0n) is 19.3. The van der Waals surface area contributed by atoms with Crippen molar-refractivity contribution in [2.45, 2.75) is 24.8 Å². The van der Waals surface area contributed by atoms with E-state index >= 15 is 0 Å². The molecule has 0 unspecified atom stereocenters. The number of Topliss-reactive ketones (excluding diaryl/α,β-unsaturated/α-hetero) is 1. The molecule has 0 radical (unpaired) electrons. The number of rotatable bonds is 4. The Hall–Kier alpha value is -4.31. The second kappa shape index (κ2) is 9.15. The molecule has 1 aliphatic heterocycles. The predicted octanol–water partition coefficient (Wildman–Crippen LogP) is 7.46. The first-order valence-corrected chi connectivity index (χ1v) is 12.0. The van der Waals surface area contributed by atoms with Crippen LogP contribution in [0.4, 0.5) is 11.4 Å². The van der Waals surface area contributed by atoms with Crippen molar-refractivity contribution < 1.29 is 9.53 Å². The molecule has 1 aliphatic carbocycles. The van der Waals surface area contributed by atoms with Gasteiger partial charge in [0.25, 0.3) is 0 Å². The largest absolute Gasteiger partial charge is 0.457 e. The molecule has 1 heterocycles. The average Bonchev–Trinajstić information content (AvgIpc) is 3.07. The molecule has 0 amide bonds. The molecule has 0 saturated heterocycles. The van der Waals surface area contributed by atoms with Crippen molar-refractivity contribution in [1.82, 2.24) is 0 Å². The van der Waals surface area contributed by atoms with Crippen molar-refractivity contribution in [2.24, 2.45) is 0 Å². The Morgan fingerprint density at radius 2 is 1.31 bits per heavy atom. The van der Waals surface area contributed by atoms with Gasteiger partial charge in [0.1, 0.15) is 11.5 Å². The van der Waals surface area contributed by atoms with Crippen LogP contribution in [0.25, 0.3) is 0 Å². The number of hydrogen-bond acceptors (Lipinski definition) is 4.